The molecule has 5 heterocycles. The standard InChI is InChI=1S/C23H23N7OS2/c1-2-6-19-18(5-1)22(26-20(25-19)13-29-8-10-31-11-9-29)32-14-17-15-33-23-28-27-21(30(17)23)16-4-3-7-24-12-16/h1-7,12,17H,8-11,13-15H2. The van der Waals surface area contributed by atoms with Crippen LogP contribution in [0.25, 0.3) is 22.3 Å². The Morgan fingerprint density at radius 3 is 2.85 bits per heavy atom. The lowest BCUT2D eigenvalue weighted by atomic mass is 10.2. The molecule has 0 N–H and O–H groups in total. The van der Waals surface area contributed by atoms with Gasteiger partial charge in [-0.15, -0.1) is 22.0 Å². The molecule has 0 radical (unpaired) electrons. The summed E-state index contributed by atoms with van der Waals surface area (Å²) in [6.45, 7) is 4.14. The quantitative estimate of drug-likeness (QED) is 0.306. The molecule has 168 valence electrons. The van der Waals surface area contributed by atoms with Gasteiger partial charge in [0.05, 0.1) is 31.3 Å². The SMILES string of the molecule is c1cncc(-c2nnc3n2C(CSc2nc(CN4CCOCC4)nc4ccccc24)CS3)c1. The first-order chi connectivity index (χ1) is 16.3. The number of ether oxygens (including phenoxy) is 1. The lowest BCUT2D eigenvalue weighted by Crippen LogP contribution is -2.36. The highest BCUT2D eigenvalue weighted by Gasteiger charge is 2.29. The van der Waals surface area contributed by atoms with Gasteiger partial charge in [0.2, 0.25) is 0 Å². The largest absolute Gasteiger partial charge is 0.379 e. The zero-order valence-electron chi connectivity index (χ0n) is 18.0. The van der Waals surface area contributed by atoms with Crippen molar-refractivity contribution < 1.29 is 4.74 Å². The molecule has 3 aromatic heterocycles. The number of fused-ring (bicyclic) bond motifs is 2. The fourth-order valence-electron chi connectivity index (χ4n) is 4.17. The van der Waals surface area contributed by atoms with E-state index in [9.17, 15) is 0 Å². The Hall–Kier alpha value is -2.53. The van der Waals surface area contributed by atoms with Gasteiger partial charge in [-0.3, -0.25) is 14.5 Å². The molecule has 8 nitrogen and oxygen atoms in total. The summed E-state index contributed by atoms with van der Waals surface area (Å²) in [6, 6.07) is 12.6. The maximum atomic E-state index is 5.49. The van der Waals surface area contributed by atoms with Crippen LogP contribution in [-0.4, -0.2) is 72.4 Å². The van der Waals surface area contributed by atoms with Crippen molar-refractivity contribution in [1.82, 2.24) is 34.6 Å². The maximum Gasteiger partial charge on any atom is 0.191 e. The highest BCUT2D eigenvalue weighted by atomic mass is 32.2. The number of hydrogen-bond acceptors (Lipinski definition) is 9. The average molecular weight is 478 g/mol. The summed E-state index contributed by atoms with van der Waals surface area (Å²) in [5.41, 5.74) is 1.99. The van der Waals surface area contributed by atoms with Crippen LogP contribution in [0.1, 0.15) is 11.9 Å². The summed E-state index contributed by atoms with van der Waals surface area (Å²) in [5, 5.41) is 12.0. The maximum absolute atomic E-state index is 5.49. The molecule has 1 aromatic carbocycles. The van der Waals surface area contributed by atoms with E-state index in [-0.39, 0.29) is 6.04 Å². The number of rotatable bonds is 6. The topological polar surface area (TPSA) is 81.9 Å². The molecule has 0 spiro atoms. The molecule has 1 atom stereocenters. The lowest BCUT2D eigenvalue weighted by Gasteiger charge is -2.26. The summed E-state index contributed by atoms with van der Waals surface area (Å²) < 4.78 is 7.74. The van der Waals surface area contributed by atoms with Crippen LogP contribution in [0.2, 0.25) is 0 Å². The number of benzene rings is 1. The van der Waals surface area contributed by atoms with Gasteiger partial charge in [-0.2, -0.15) is 0 Å². The van der Waals surface area contributed by atoms with Crippen LogP contribution in [0.15, 0.2) is 59.0 Å². The molecular formula is C23H23N7OS2. The molecule has 1 unspecified atom stereocenters. The van der Waals surface area contributed by atoms with Crippen molar-refractivity contribution in [2.24, 2.45) is 0 Å². The first kappa shape index (κ1) is 21.0. The number of morpholine rings is 1. The van der Waals surface area contributed by atoms with Crippen molar-refractivity contribution in [2.45, 2.75) is 22.8 Å². The van der Waals surface area contributed by atoms with E-state index in [2.05, 4.69) is 42.8 Å². The zero-order valence-corrected chi connectivity index (χ0v) is 19.6. The Kier molecular flexibility index (Phi) is 5.98. The van der Waals surface area contributed by atoms with Gasteiger partial charge in [0, 0.05) is 47.9 Å². The molecule has 1 saturated heterocycles. The first-order valence-electron chi connectivity index (χ1n) is 11.0. The van der Waals surface area contributed by atoms with E-state index >= 15 is 0 Å². The predicted molar refractivity (Wildman–Crippen MR) is 129 cm³/mol. The molecule has 0 aliphatic carbocycles. The third kappa shape index (κ3) is 4.35. The number of nitrogens with zero attached hydrogens (tertiary/aromatic N) is 7. The molecular weight excluding hydrogens is 454 g/mol. The Labute approximate surface area is 200 Å². The number of hydrogen-bond donors (Lipinski definition) is 0. The van der Waals surface area contributed by atoms with E-state index in [1.807, 2.05) is 24.4 Å². The van der Waals surface area contributed by atoms with E-state index in [0.717, 1.165) is 82.7 Å². The molecule has 0 bridgehead atoms. The Morgan fingerprint density at radius 1 is 1.06 bits per heavy atom. The Morgan fingerprint density at radius 2 is 1.97 bits per heavy atom. The minimum atomic E-state index is 0.289. The van der Waals surface area contributed by atoms with Crippen LogP contribution in [0.4, 0.5) is 0 Å². The minimum absolute atomic E-state index is 0.289. The van der Waals surface area contributed by atoms with Crippen LogP contribution in [0, 0.1) is 0 Å². The van der Waals surface area contributed by atoms with Crippen molar-refractivity contribution >= 4 is 34.4 Å². The fraction of sp³-hybridized carbons (Fsp3) is 0.348. The van der Waals surface area contributed by atoms with Crippen molar-refractivity contribution in [3.63, 3.8) is 0 Å². The van der Waals surface area contributed by atoms with Gasteiger partial charge in [-0.05, 0) is 18.2 Å². The fourth-order valence-corrected chi connectivity index (χ4v) is 6.52. The third-order valence-electron chi connectivity index (χ3n) is 5.85. The second-order valence-corrected chi connectivity index (χ2v) is 10.0. The molecule has 4 aromatic rings. The number of pyridine rings is 1. The van der Waals surface area contributed by atoms with Gasteiger partial charge in [-0.25, -0.2) is 9.97 Å². The van der Waals surface area contributed by atoms with Gasteiger partial charge in [0.1, 0.15) is 10.9 Å². The van der Waals surface area contributed by atoms with Gasteiger partial charge in [0.25, 0.3) is 0 Å². The van der Waals surface area contributed by atoms with Crippen molar-refractivity contribution in [1.29, 1.82) is 0 Å². The molecule has 2 aliphatic heterocycles. The molecule has 6 rings (SSSR count). The number of para-hydroxylation sites is 1. The average Bonchev–Trinajstić information content (AvgIpc) is 3.46. The number of thioether (sulfide) groups is 2. The summed E-state index contributed by atoms with van der Waals surface area (Å²) in [7, 11) is 0. The van der Waals surface area contributed by atoms with Crippen molar-refractivity contribution in [2.75, 3.05) is 37.8 Å². The predicted octanol–water partition coefficient (Wildman–Crippen LogP) is 3.55. The van der Waals surface area contributed by atoms with Crippen molar-refractivity contribution in [3.05, 3.63) is 54.6 Å². The second-order valence-electron chi connectivity index (χ2n) is 8.04. The smallest absolute Gasteiger partial charge is 0.191 e. The van der Waals surface area contributed by atoms with Crippen LogP contribution in [-0.2, 0) is 11.3 Å². The molecule has 1 fully saturated rings. The molecule has 33 heavy (non-hydrogen) atoms. The second kappa shape index (κ2) is 9.38. The highest BCUT2D eigenvalue weighted by Crippen LogP contribution is 2.39. The summed E-state index contributed by atoms with van der Waals surface area (Å²) >= 11 is 3.56. The highest BCUT2D eigenvalue weighted by molar-refractivity contribution is 8.00. The molecule has 0 saturated carbocycles. The van der Waals surface area contributed by atoms with E-state index < -0.39 is 0 Å². The first-order valence-corrected chi connectivity index (χ1v) is 13.0. The van der Waals surface area contributed by atoms with E-state index in [0.29, 0.717) is 0 Å². The van der Waals surface area contributed by atoms with Crippen LogP contribution < -0.4 is 0 Å². The lowest BCUT2D eigenvalue weighted by molar-refractivity contribution is 0.0330. The van der Waals surface area contributed by atoms with Crippen LogP contribution in [0.3, 0.4) is 0 Å². The Balaban J connectivity index is 1.26. The van der Waals surface area contributed by atoms with E-state index in [1.54, 1.807) is 29.7 Å². The van der Waals surface area contributed by atoms with Gasteiger partial charge < -0.3 is 4.74 Å². The minimum Gasteiger partial charge on any atom is -0.379 e. The third-order valence-corrected chi connectivity index (χ3v) is 8.07. The van der Waals surface area contributed by atoms with Crippen LogP contribution in [0.5, 0.6) is 0 Å². The molecule has 0 amide bonds. The summed E-state index contributed by atoms with van der Waals surface area (Å²) in [6.07, 6.45) is 3.63. The summed E-state index contributed by atoms with van der Waals surface area (Å²) in [4.78, 5) is 16.5. The normalized spacial score (nSPS) is 18.6. The molecule has 10 heteroatoms. The van der Waals surface area contributed by atoms with Crippen LogP contribution >= 0.6 is 23.5 Å². The Bertz CT molecular complexity index is 1260. The van der Waals surface area contributed by atoms with Crippen molar-refractivity contribution in [3.8, 4) is 11.4 Å². The van der Waals surface area contributed by atoms with Gasteiger partial charge >= 0.3 is 0 Å². The van der Waals surface area contributed by atoms with E-state index in [1.165, 1.54) is 0 Å². The number of aromatic nitrogens is 6. The summed E-state index contributed by atoms with van der Waals surface area (Å²) in [5.74, 6) is 3.63. The van der Waals surface area contributed by atoms with E-state index in [4.69, 9.17) is 14.7 Å². The van der Waals surface area contributed by atoms with Gasteiger partial charge in [-0.1, -0.05) is 30.0 Å². The molecule has 2 aliphatic rings. The zero-order chi connectivity index (χ0) is 22.0. The monoisotopic (exact) mass is 477 g/mol. The van der Waals surface area contributed by atoms with Gasteiger partial charge in [0.15, 0.2) is 11.0 Å².